The van der Waals surface area contributed by atoms with Gasteiger partial charge in [-0.3, -0.25) is 4.79 Å². The van der Waals surface area contributed by atoms with E-state index in [9.17, 15) is 4.79 Å². The lowest BCUT2D eigenvalue weighted by molar-refractivity contribution is -0.123. The highest BCUT2D eigenvalue weighted by Gasteiger charge is 2.27. The van der Waals surface area contributed by atoms with Crippen molar-refractivity contribution in [3.8, 4) is 0 Å². The first-order valence-electron chi connectivity index (χ1n) is 6.02. The smallest absolute Gasteiger partial charge is 0.135 e. The number of hydrogen-bond acceptors (Lipinski definition) is 3. The second-order valence-electron chi connectivity index (χ2n) is 4.52. The van der Waals surface area contributed by atoms with Crippen molar-refractivity contribution >= 4 is 17.1 Å². The average molecular weight is 237 g/mol. The number of aryl methyl sites for hydroxylation is 1. The van der Waals surface area contributed by atoms with E-state index in [1.165, 1.54) is 10.4 Å². The number of hydrogen-bond donors (Lipinski definition) is 1. The van der Waals surface area contributed by atoms with Gasteiger partial charge >= 0.3 is 0 Å². The van der Waals surface area contributed by atoms with Crippen molar-refractivity contribution < 1.29 is 4.79 Å². The summed E-state index contributed by atoms with van der Waals surface area (Å²) in [5.41, 5.74) is 1.35. The van der Waals surface area contributed by atoms with Crippen molar-refractivity contribution in [3.63, 3.8) is 0 Å². The van der Waals surface area contributed by atoms with Crippen molar-refractivity contribution in [2.24, 2.45) is 5.92 Å². The fourth-order valence-electron chi connectivity index (χ4n) is 2.44. The van der Waals surface area contributed by atoms with Gasteiger partial charge in [0, 0.05) is 23.3 Å². The Bertz CT molecular complexity index is 372. The number of Topliss-reactive ketones (excluding diaryl/α,β-unsaturated/α-hetero) is 1. The van der Waals surface area contributed by atoms with Gasteiger partial charge in [-0.1, -0.05) is 6.92 Å². The van der Waals surface area contributed by atoms with Gasteiger partial charge in [0.15, 0.2) is 0 Å². The molecular weight excluding hydrogens is 218 g/mol. The van der Waals surface area contributed by atoms with Gasteiger partial charge < -0.3 is 5.32 Å². The summed E-state index contributed by atoms with van der Waals surface area (Å²) in [5, 5.41) is 5.67. The highest BCUT2D eigenvalue weighted by molar-refractivity contribution is 7.10. The molecule has 0 saturated carbocycles. The summed E-state index contributed by atoms with van der Waals surface area (Å²) in [6, 6.07) is 2.56. The molecule has 1 aromatic heterocycles. The fourth-order valence-corrected chi connectivity index (χ4v) is 3.46. The topological polar surface area (TPSA) is 29.1 Å². The third kappa shape index (κ3) is 2.36. The Labute approximate surface area is 101 Å². The average Bonchev–Trinajstić information content (AvgIpc) is 2.74. The summed E-state index contributed by atoms with van der Waals surface area (Å²) in [4.78, 5) is 13.2. The van der Waals surface area contributed by atoms with Crippen LogP contribution in [0.5, 0.6) is 0 Å². The van der Waals surface area contributed by atoms with Crippen molar-refractivity contribution in [1.82, 2.24) is 5.32 Å². The van der Waals surface area contributed by atoms with Gasteiger partial charge in [0.05, 0.1) is 0 Å². The molecule has 2 rings (SSSR count). The second kappa shape index (κ2) is 5.11. The van der Waals surface area contributed by atoms with Crippen LogP contribution in [0, 0.1) is 12.8 Å². The molecule has 88 valence electrons. The van der Waals surface area contributed by atoms with Crippen molar-refractivity contribution in [3.05, 3.63) is 21.9 Å². The molecule has 1 fully saturated rings. The molecule has 1 aliphatic rings. The van der Waals surface area contributed by atoms with Crippen molar-refractivity contribution in [2.75, 3.05) is 6.54 Å². The summed E-state index contributed by atoms with van der Waals surface area (Å²) < 4.78 is 0. The van der Waals surface area contributed by atoms with Gasteiger partial charge in [-0.2, -0.15) is 0 Å². The quantitative estimate of drug-likeness (QED) is 0.875. The maximum atomic E-state index is 11.7. The van der Waals surface area contributed by atoms with Crippen LogP contribution in [0.3, 0.4) is 0 Å². The Kier molecular flexibility index (Phi) is 3.77. The first-order chi connectivity index (χ1) is 7.72. The van der Waals surface area contributed by atoms with Crippen LogP contribution in [-0.2, 0) is 4.79 Å². The van der Waals surface area contributed by atoms with Gasteiger partial charge in [0.2, 0.25) is 0 Å². The molecule has 3 heteroatoms. The standard InChI is InChI=1S/C13H19NOS/c1-3-12(15)10-4-6-14-11(8-10)13-9(2)5-7-16-13/h5,7,10-11,14H,3-4,6,8H2,1-2H3. The van der Waals surface area contributed by atoms with E-state index in [-0.39, 0.29) is 5.92 Å². The zero-order valence-electron chi connectivity index (χ0n) is 9.95. The third-order valence-electron chi connectivity index (χ3n) is 3.43. The lowest BCUT2D eigenvalue weighted by Gasteiger charge is -2.29. The van der Waals surface area contributed by atoms with Gasteiger partial charge in [-0.15, -0.1) is 11.3 Å². The van der Waals surface area contributed by atoms with Gasteiger partial charge in [0.25, 0.3) is 0 Å². The lowest BCUT2D eigenvalue weighted by Crippen LogP contribution is -2.34. The Morgan fingerprint density at radius 1 is 1.62 bits per heavy atom. The number of carbonyl (C=O) groups is 1. The van der Waals surface area contributed by atoms with E-state index < -0.39 is 0 Å². The molecule has 2 nitrogen and oxygen atoms in total. The number of rotatable bonds is 3. The molecule has 1 aliphatic heterocycles. The van der Waals surface area contributed by atoms with Crippen LogP contribution in [0.15, 0.2) is 11.4 Å². The van der Waals surface area contributed by atoms with Gasteiger partial charge in [-0.05, 0) is 43.3 Å². The van der Waals surface area contributed by atoms with Crippen molar-refractivity contribution in [2.45, 2.75) is 39.2 Å². The van der Waals surface area contributed by atoms with Crippen LogP contribution >= 0.6 is 11.3 Å². The monoisotopic (exact) mass is 237 g/mol. The number of nitrogens with one attached hydrogen (secondary N) is 1. The maximum absolute atomic E-state index is 11.7. The van der Waals surface area contributed by atoms with Crippen LogP contribution in [0.25, 0.3) is 0 Å². The number of carbonyl (C=O) groups excluding carboxylic acids is 1. The maximum Gasteiger partial charge on any atom is 0.135 e. The Hall–Kier alpha value is -0.670. The van der Waals surface area contributed by atoms with Crippen LogP contribution in [0.2, 0.25) is 0 Å². The Morgan fingerprint density at radius 2 is 2.44 bits per heavy atom. The normalized spacial score (nSPS) is 25.6. The molecule has 1 N–H and O–H groups in total. The van der Waals surface area contributed by atoms with Crippen LogP contribution < -0.4 is 5.32 Å². The minimum atomic E-state index is 0.276. The predicted molar refractivity (Wildman–Crippen MR) is 67.8 cm³/mol. The summed E-state index contributed by atoms with van der Waals surface area (Å²) >= 11 is 1.80. The lowest BCUT2D eigenvalue weighted by atomic mass is 9.87. The summed E-state index contributed by atoms with van der Waals surface area (Å²) in [7, 11) is 0. The van der Waals surface area contributed by atoms with Crippen molar-refractivity contribution in [1.29, 1.82) is 0 Å². The highest BCUT2D eigenvalue weighted by Crippen LogP contribution is 2.33. The van der Waals surface area contributed by atoms with Gasteiger partial charge in [0.1, 0.15) is 5.78 Å². The van der Waals surface area contributed by atoms with E-state index in [1.807, 2.05) is 6.92 Å². The Balaban J connectivity index is 2.07. The first kappa shape index (κ1) is 11.8. The summed E-state index contributed by atoms with van der Waals surface area (Å²) in [6.45, 7) is 5.09. The minimum Gasteiger partial charge on any atom is -0.309 e. The zero-order valence-corrected chi connectivity index (χ0v) is 10.8. The zero-order chi connectivity index (χ0) is 11.5. The molecule has 0 spiro atoms. The predicted octanol–water partition coefficient (Wildman–Crippen LogP) is 3.08. The second-order valence-corrected chi connectivity index (χ2v) is 5.46. The largest absolute Gasteiger partial charge is 0.309 e. The van der Waals surface area contributed by atoms with Crippen LogP contribution in [0.1, 0.15) is 42.7 Å². The fraction of sp³-hybridized carbons (Fsp3) is 0.615. The van der Waals surface area contributed by atoms with Gasteiger partial charge in [-0.25, -0.2) is 0 Å². The molecule has 2 atom stereocenters. The van der Waals surface area contributed by atoms with E-state index in [0.717, 1.165) is 19.4 Å². The molecule has 0 radical (unpaired) electrons. The molecule has 2 heterocycles. The molecule has 16 heavy (non-hydrogen) atoms. The van der Waals surface area contributed by atoms with E-state index >= 15 is 0 Å². The molecule has 0 bridgehead atoms. The van der Waals surface area contributed by atoms with E-state index in [1.54, 1.807) is 11.3 Å². The molecule has 1 saturated heterocycles. The molecular formula is C13H19NOS. The van der Waals surface area contributed by atoms with E-state index in [2.05, 4.69) is 23.7 Å². The summed E-state index contributed by atoms with van der Waals surface area (Å²) in [5.74, 6) is 0.707. The van der Waals surface area contributed by atoms with Crippen LogP contribution in [0.4, 0.5) is 0 Å². The molecule has 1 aromatic rings. The molecule has 0 aliphatic carbocycles. The molecule has 2 unspecified atom stereocenters. The number of thiophene rings is 1. The van der Waals surface area contributed by atoms with Crippen LogP contribution in [-0.4, -0.2) is 12.3 Å². The SMILES string of the molecule is CCC(=O)C1CCNC(c2sccc2C)C1. The Morgan fingerprint density at radius 3 is 3.06 bits per heavy atom. The number of piperidine rings is 1. The van der Waals surface area contributed by atoms with E-state index in [4.69, 9.17) is 0 Å². The number of ketones is 1. The summed E-state index contributed by atoms with van der Waals surface area (Å²) in [6.07, 6.45) is 2.67. The molecule has 0 amide bonds. The first-order valence-corrected chi connectivity index (χ1v) is 6.90. The molecule has 0 aromatic carbocycles. The minimum absolute atomic E-state index is 0.276. The highest BCUT2D eigenvalue weighted by atomic mass is 32.1. The van der Waals surface area contributed by atoms with E-state index in [0.29, 0.717) is 18.2 Å². The third-order valence-corrected chi connectivity index (χ3v) is 4.56.